The minimum Gasteiger partial charge on any atom is -0.490 e. The number of anilines is 1. The second kappa shape index (κ2) is 8.03. The standard InChI is InChI=1S/C17H27NO2/c1-3-19-16-11-10-15(12-17(16)20-4-2)18-13-14-8-6-5-7-9-14/h10-12,14,18H,3-9,13H2,1-2H3. The molecule has 20 heavy (non-hydrogen) atoms. The fourth-order valence-corrected chi connectivity index (χ4v) is 2.81. The van der Waals surface area contributed by atoms with Gasteiger partial charge < -0.3 is 14.8 Å². The number of ether oxygens (including phenoxy) is 2. The summed E-state index contributed by atoms with van der Waals surface area (Å²) in [5.41, 5.74) is 1.13. The van der Waals surface area contributed by atoms with Crippen LogP contribution >= 0.6 is 0 Å². The second-order valence-electron chi connectivity index (χ2n) is 5.41. The Morgan fingerprint density at radius 3 is 2.40 bits per heavy atom. The molecule has 112 valence electrons. The van der Waals surface area contributed by atoms with E-state index in [0.717, 1.165) is 29.6 Å². The monoisotopic (exact) mass is 277 g/mol. The minimum absolute atomic E-state index is 0.659. The zero-order valence-corrected chi connectivity index (χ0v) is 12.8. The molecule has 0 heterocycles. The topological polar surface area (TPSA) is 30.5 Å². The summed E-state index contributed by atoms with van der Waals surface area (Å²) in [5.74, 6) is 2.49. The molecule has 0 aromatic heterocycles. The Morgan fingerprint density at radius 2 is 1.70 bits per heavy atom. The maximum Gasteiger partial charge on any atom is 0.163 e. The number of hydrogen-bond acceptors (Lipinski definition) is 3. The van der Waals surface area contributed by atoms with Crippen LogP contribution in [0, 0.1) is 5.92 Å². The van der Waals surface area contributed by atoms with E-state index in [9.17, 15) is 0 Å². The molecule has 1 aromatic carbocycles. The van der Waals surface area contributed by atoms with Gasteiger partial charge in [0.25, 0.3) is 0 Å². The summed E-state index contributed by atoms with van der Waals surface area (Å²) in [6.07, 6.45) is 6.92. The van der Waals surface area contributed by atoms with Crippen LogP contribution in [0.1, 0.15) is 46.0 Å². The number of nitrogens with one attached hydrogen (secondary N) is 1. The highest BCUT2D eigenvalue weighted by Crippen LogP contribution is 2.31. The van der Waals surface area contributed by atoms with Crippen molar-refractivity contribution in [1.82, 2.24) is 0 Å². The lowest BCUT2D eigenvalue weighted by Crippen LogP contribution is -2.17. The van der Waals surface area contributed by atoms with Crippen molar-refractivity contribution in [3.63, 3.8) is 0 Å². The summed E-state index contributed by atoms with van der Waals surface area (Å²) in [5, 5.41) is 3.55. The average Bonchev–Trinajstić information content (AvgIpc) is 2.49. The molecule has 1 fully saturated rings. The van der Waals surface area contributed by atoms with E-state index in [1.54, 1.807) is 0 Å². The summed E-state index contributed by atoms with van der Waals surface area (Å²) in [6.45, 7) is 6.38. The molecule has 1 aromatic rings. The van der Waals surface area contributed by atoms with Crippen LogP contribution in [-0.2, 0) is 0 Å². The molecule has 0 saturated heterocycles. The highest BCUT2D eigenvalue weighted by Gasteiger charge is 2.13. The van der Waals surface area contributed by atoms with Crippen LogP contribution in [0.4, 0.5) is 5.69 Å². The average molecular weight is 277 g/mol. The van der Waals surface area contributed by atoms with E-state index >= 15 is 0 Å². The minimum atomic E-state index is 0.659. The third-order valence-corrected chi connectivity index (χ3v) is 3.86. The first-order valence-corrected chi connectivity index (χ1v) is 7.97. The van der Waals surface area contributed by atoms with Gasteiger partial charge in [-0.1, -0.05) is 19.3 Å². The van der Waals surface area contributed by atoms with Gasteiger partial charge in [-0.15, -0.1) is 0 Å². The Bertz CT molecular complexity index is 400. The summed E-state index contributed by atoms with van der Waals surface area (Å²) < 4.78 is 11.2. The Morgan fingerprint density at radius 1 is 1.00 bits per heavy atom. The molecular formula is C17H27NO2. The quantitative estimate of drug-likeness (QED) is 0.797. The largest absolute Gasteiger partial charge is 0.490 e. The van der Waals surface area contributed by atoms with Gasteiger partial charge >= 0.3 is 0 Å². The lowest BCUT2D eigenvalue weighted by molar-refractivity contribution is 0.288. The molecule has 0 spiro atoms. The molecule has 0 atom stereocenters. The van der Waals surface area contributed by atoms with Crippen molar-refractivity contribution in [2.24, 2.45) is 5.92 Å². The molecule has 1 aliphatic rings. The van der Waals surface area contributed by atoms with Crippen molar-refractivity contribution in [1.29, 1.82) is 0 Å². The molecule has 0 unspecified atom stereocenters. The highest BCUT2D eigenvalue weighted by atomic mass is 16.5. The molecule has 0 amide bonds. The van der Waals surface area contributed by atoms with Crippen molar-refractivity contribution < 1.29 is 9.47 Å². The molecular weight excluding hydrogens is 250 g/mol. The van der Waals surface area contributed by atoms with E-state index in [4.69, 9.17) is 9.47 Å². The zero-order valence-electron chi connectivity index (χ0n) is 12.8. The summed E-state index contributed by atoms with van der Waals surface area (Å²) in [7, 11) is 0. The van der Waals surface area contributed by atoms with Crippen molar-refractivity contribution in [3.05, 3.63) is 18.2 Å². The van der Waals surface area contributed by atoms with E-state index in [1.807, 2.05) is 19.9 Å². The van der Waals surface area contributed by atoms with Crippen molar-refractivity contribution >= 4 is 5.69 Å². The van der Waals surface area contributed by atoms with Gasteiger partial charge in [-0.3, -0.25) is 0 Å². The Balaban J connectivity index is 1.94. The molecule has 1 aliphatic carbocycles. The molecule has 1 saturated carbocycles. The van der Waals surface area contributed by atoms with Gasteiger partial charge in [0.15, 0.2) is 11.5 Å². The van der Waals surface area contributed by atoms with Gasteiger partial charge in [-0.05, 0) is 44.7 Å². The Hall–Kier alpha value is -1.38. The van der Waals surface area contributed by atoms with Gasteiger partial charge in [0, 0.05) is 18.3 Å². The van der Waals surface area contributed by atoms with Gasteiger partial charge in [0.1, 0.15) is 0 Å². The first-order valence-electron chi connectivity index (χ1n) is 7.97. The number of benzene rings is 1. The first kappa shape index (κ1) is 15.0. The fraction of sp³-hybridized carbons (Fsp3) is 0.647. The zero-order chi connectivity index (χ0) is 14.2. The smallest absolute Gasteiger partial charge is 0.163 e. The summed E-state index contributed by atoms with van der Waals surface area (Å²) >= 11 is 0. The predicted molar refractivity (Wildman–Crippen MR) is 83.8 cm³/mol. The van der Waals surface area contributed by atoms with Crippen LogP contribution in [0.15, 0.2) is 18.2 Å². The van der Waals surface area contributed by atoms with Crippen LogP contribution < -0.4 is 14.8 Å². The molecule has 2 rings (SSSR count). The normalized spacial score (nSPS) is 15.9. The summed E-state index contributed by atoms with van der Waals surface area (Å²) in [6, 6.07) is 6.13. The van der Waals surface area contributed by atoms with E-state index in [0.29, 0.717) is 13.2 Å². The van der Waals surface area contributed by atoms with Crippen molar-refractivity contribution in [2.45, 2.75) is 46.0 Å². The van der Waals surface area contributed by atoms with Crippen LogP contribution in [-0.4, -0.2) is 19.8 Å². The fourth-order valence-electron chi connectivity index (χ4n) is 2.81. The second-order valence-corrected chi connectivity index (χ2v) is 5.41. The first-order chi connectivity index (χ1) is 9.83. The Kier molecular flexibility index (Phi) is 6.03. The van der Waals surface area contributed by atoms with E-state index in [2.05, 4.69) is 17.4 Å². The molecule has 0 radical (unpaired) electrons. The maximum absolute atomic E-state index is 5.66. The van der Waals surface area contributed by atoms with Crippen molar-refractivity contribution in [2.75, 3.05) is 25.1 Å². The SMILES string of the molecule is CCOc1ccc(NCC2CCCCC2)cc1OCC. The lowest BCUT2D eigenvalue weighted by Gasteiger charge is -2.22. The van der Waals surface area contributed by atoms with Gasteiger partial charge in [-0.25, -0.2) is 0 Å². The maximum atomic E-state index is 5.66. The third kappa shape index (κ3) is 4.32. The van der Waals surface area contributed by atoms with E-state index in [-0.39, 0.29) is 0 Å². The van der Waals surface area contributed by atoms with Gasteiger partial charge in [0.2, 0.25) is 0 Å². The van der Waals surface area contributed by atoms with Gasteiger partial charge in [0.05, 0.1) is 13.2 Å². The van der Waals surface area contributed by atoms with Crippen LogP contribution in [0.25, 0.3) is 0 Å². The van der Waals surface area contributed by atoms with Crippen LogP contribution in [0.5, 0.6) is 11.5 Å². The third-order valence-electron chi connectivity index (χ3n) is 3.86. The molecule has 3 nitrogen and oxygen atoms in total. The van der Waals surface area contributed by atoms with Crippen LogP contribution in [0.3, 0.4) is 0 Å². The number of rotatable bonds is 7. The van der Waals surface area contributed by atoms with Crippen LogP contribution in [0.2, 0.25) is 0 Å². The van der Waals surface area contributed by atoms with E-state index in [1.165, 1.54) is 32.1 Å². The molecule has 3 heteroatoms. The predicted octanol–water partition coefficient (Wildman–Crippen LogP) is 4.48. The van der Waals surface area contributed by atoms with E-state index < -0.39 is 0 Å². The molecule has 0 bridgehead atoms. The van der Waals surface area contributed by atoms with Crippen molar-refractivity contribution in [3.8, 4) is 11.5 Å². The number of hydrogen-bond donors (Lipinski definition) is 1. The molecule has 1 N–H and O–H groups in total. The molecule has 0 aliphatic heterocycles. The lowest BCUT2D eigenvalue weighted by atomic mass is 9.89. The summed E-state index contributed by atoms with van der Waals surface area (Å²) in [4.78, 5) is 0. The Labute approximate surface area is 122 Å². The van der Waals surface area contributed by atoms with Gasteiger partial charge in [-0.2, -0.15) is 0 Å². The highest BCUT2D eigenvalue weighted by molar-refractivity contribution is 5.54.